The third-order valence-electron chi connectivity index (χ3n) is 5.72. The minimum atomic E-state index is -0.918. The third-order valence-corrected chi connectivity index (χ3v) is 5.72. The second-order valence-corrected chi connectivity index (χ2v) is 9.20. The maximum atomic E-state index is 13.4. The highest BCUT2D eigenvalue weighted by Gasteiger charge is 2.46. The monoisotopic (exact) mass is 462 g/mol. The molecule has 0 radical (unpaired) electrons. The number of ether oxygens (including phenoxy) is 4. The van der Waals surface area contributed by atoms with Gasteiger partial charge in [-0.15, -0.1) is 0 Å². The van der Waals surface area contributed by atoms with Crippen molar-refractivity contribution in [3.63, 3.8) is 0 Å². The highest BCUT2D eigenvalue weighted by molar-refractivity contribution is 6.04. The molecule has 0 aliphatic carbocycles. The second-order valence-electron chi connectivity index (χ2n) is 9.20. The van der Waals surface area contributed by atoms with Crippen LogP contribution in [0, 0.1) is 0 Å². The number of nitrogens with one attached hydrogen (secondary N) is 1. The summed E-state index contributed by atoms with van der Waals surface area (Å²) in [4.78, 5) is 30.9. The predicted molar refractivity (Wildman–Crippen MR) is 125 cm³/mol. The van der Waals surface area contributed by atoms with E-state index < -0.39 is 23.9 Å². The Morgan fingerprint density at radius 2 is 1.94 bits per heavy atom. The van der Waals surface area contributed by atoms with Gasteiger partial charge in [0.1, 0.15) is 11.4 Å². The van der Waals surface area contributed by atoms with Crippen molar-refractivity contribution in [2.75, 3.05) is 13.7 Å². The summed E-state index contributed by atoms with van der Waals surface area (Å²) in [5, 5.41) is 0.853. The zero-order valence-corrected chi connectivity index (χ0v) is 19.5. The van der Waals surface area contributed by atoms with Gasteiger partial charge in [0, 0.05) is 34.6 Å². The minimum absolute atomic E-state index is 0.0109. The number of carbonyl (C=O) groups is 2. The normalized spacial score (nSPS) is 17.4. The van der Waals surface area contributed by atoms with Crippen molar-refractivity contribution in [2.24, 2.45) is 0 Å². The fourth-order valence-corrected chi connectivity index (χ4v) is 4.26. The molecule has 3 heterocycles. The van der Waals surface area contributed by atoms with E-state index in [9.17, 15) is 9.59 Å². The number of amides is 1. The Morgan fingerprint density at radius 1 is 1.15 bits per heavy atom. The van der Waals surface area contributed by atoms with Gasteiger partial charge >= 0.3 is 12.1 Å². The largest absolute Gasteiger partial charge is 0.493 e. The fraction of sp³-hybridized carbons (Fsp3) is 0.308. The molecule has 0 fully saturated rings. The number of hydrogen-bond acceptors (Lipinski definition) is 6. The van der Waals surface area contributed by atoms with Gasteiger partial charge in [-0.3, -0.25) is 0 Å². The van der Waals surface area contributed by atoms with Crippen molar-refractivity contribution in [2.45, 2.75) is 39.0 Å². The van der Waals surface area contributed by atoms with E-state index in [-0.39, 0.29) is 11.5 Å². The van der Waals surface area contributed by atoms with E-state index in [1.165, 1.54) is 12.0 Å². The Morgan fingerprint density at radius 3 is 2.71 bits per heavy atom. The zero-order chi connectivity index (χ0) is 24.0. The molecular weight excluding hydrogens is 436 g/mol. The van der Waals surface area contributed by atoms with E-state index in [1.54, 1.807) is 27.0 Å². The van der Waals surface area contributed by atoms with Crippen LogP contribution in [0.2, 0.25) is 0 Å². The molecule has 1 unspecified atom stereocenters. The van der Waals surface area contributed by atoms with Crippen molar-refractivity contribution in [3.05, 3.63) is 71.0 Å². The Labute approximate surface area is 197 Å². The number of fused-ring (bicyclic) bond motifs is 2. The van der Waals surface area contributed by atoms with Crippen molar-refractivity contribution in [1.29, 1.82) is 0 Å². The summed E-state index contributed by atoms with van der Waals surface area (Å²) in [5.74, 6) is 0.360. The number of benzene rings is 2. The second kappa shape index (κ2) is 8.13. The van der Waals surface area contributed by atoms with Gasteiger partial charge in [-0.2, -0.15) is 0 Å². The molecule has 5 rings (SSSR count). The number of nitrogens with zero attached hydrogens (tertiary/aromatic N) is 1. The standard InChI is InChI=1S/C26H26N2O6/c1-26(2,3)34-25(30)28-21(24(29)31-4)22(18-14-27-19-8-6-5-7-17(18)19)33-23(28)16-9-10-20-15(13-16)11-12-32-20/h5-10,13-14,23,27H,11-12H2,1-4H3. The van der Waals surface area contributed by atoms with Gasteiger partial charge < -0.3 is 23.9 Å². The molecule has 1 atom stereocenters. The molecule has 0 saturated carbocycles. The number of aromatic amines is 1. The molecule has 34 heavy (non-hydrogen) atoms. The van der Waals surface area contributed by atoms with Gasteiger partial charge in [-0.05, 0) is 50.6 Å². The average molecular weight is 463 g/mol. The van der Waals surface area contributed by atoms with Crippen LogP contribution in [0.5, 0.6) is 5.75 Å². The molecule has 2 aliphatic heterocycles. The van der Waals surface area contributed by atoms with Crippen LogP contribution in [0.3, 0.4) is 0 Å². The Kier molecular flexibility index (Phi) is 5.23. The highest BCUT2D eigenvalue weighted by atomic mass is 16.6. The first-order valence-electron chi connectivity index (χ1n) is 11.1. The Hall–Kier alpha value is -3.94. The van der Waals surface area contributed by atoms with Gasteiger partial charge in [0.2, 0.25) is 6.23 Å². The molecule has 2 aromatic carbocycles. The number of para-hydroxylation sites is 1. The highest BCUT2D eigenvalue weighted by Crippen LogP contribution is 2.45. The molecule has 3 aromatic rings. The van der Waals surface area contributed by atoms with Crippen LogP contribution in [0.25, 0.3) is 16.7 Å². The quantitative estimate of drug-likeness (QED) is 0.556. The van der Waals surface area contributed by atoms with Crippen LogP contribution in [-0.2, 0) is 25.4 Å². The first kappa shape index (κ1) is 21.9. The summed E-state index contributed by atoms with van der Waals surface area (Å²) >= 11 is 0. The van der Waals surface area contributed by atoms with E-state index in [0.29, 0.717) is 17.7 Å². The predicted octanol–water partition coefficient (Wildman–Crippen LogP) is 4.91. The zero-order valence-electron chi connectivity index (χ0n) is 19.5. The van der Waals surface area contributed by atoms with Crippen LogP contribution in [0.15, 0.2) is 54.4 Å². The minimum Gasteiger partial charge on any atom is -0.493 e. The van der Waals surface area contributed by atoms with E-state index in [0.717, 1.165) is 28.6 Å². The van der Waals surface area contributed by atoms with E-state index in [2.05, 4.69) is 4.98 Å². The van der Waals surface area contributed by atoms with Crippen molar-refractivity contribution in [3.8, 4) is 5.75 Å². The molecule has 8 heteroatoms. The summed E-state index contributed by atoms with van der Waals surface area (Å²) in [6.45, 7) is 5.91. The van der Waals surface area contributed by atoms with Gasteiger partial charge in [0.05, 0.1) is 13.7 Å². The van der Waals surface area contributed by atoms with Crippen molar-refractivity contribution in [1.82, 2.24) is 9.88 Å². The fourth-order valence-electron chi connectivity index (χ4n) is 4.26. The number of carbonyl (C=O) groups excluding carboxylic acids is 2. The first-order chi connectivity index (χ1) is 16.3. The van der Waals surface area contributed by atoms with Crippen molar-refractivity contribution >= 4 is 28.7 Å². The van der Waals surface area contributed by atoms with Crippen LogP contribution in [0.1, 0.15) is 43.7 Å². The Bertz CT molecular complexity index is 1320. The topological polar surface area (TPSA) is 90.1 Å². The van der Waals surface area contributed by atoms with Crippen molar-refractivity contribution < 1.29 is 28.5 Å². The maximum absolute atomic E-state index is 13.4. The molecule has 2 aliphatic rings. The molecule has 176 valence electrons. The average Bonchev–Trinajstić information content (AvgIpc) is 3.52. The van der Waals surface area contributed by atoms with Gasteiger partial charge in [-0.25, -0.2) is 14.5 Å². The summed E-state index contributed by atoms with van der Waals surface area (Å²) in [6, 6.07) is 13.3. The molecule has 1 aromatic heterocycles. The van der Waals surface area contributed by atoms with Gasteiger partial charge in [-0.1, -0.05) is 18.2 Å². The number of methoxy groups -OCH3 is 1. The summed E-state index contributed by atoms with van der Waals surface area (Å²) in [5.41, 5.74) is 2.45. The number of rotatable bonds is 3. The molecule has 0 saturated heterocycles. The summed E-state index contributed by atoms with van der Waals surface area (Å²) in [6.07, 6.45) is 0.896. The van der Waals surface area contributed by atoms with E-state index >= 15 is 0 Å². The summed E-state index contributed by atoms with van der Waals surface area (Å²) < 4.78 is 22.8. The summed E-state index contributed by atoms with van der Waals surface area (Å²) in [7, 11) is 1.27. The molecular formula is C26H26N2O6. The lowest BCUT2D eigenvalue weighted by molar-refractivity contribution is -0.138. The van der Waals surface area contributed by atoms with Gasteiger partial charge in [0.15, 0.2) is 11.5 Å². The lowest BCUT2D eigenvalue weighted by Crippen LogP contribution is -2.38. The molecule has 1 N–H and O–H groups in total. The lowest BCUT2D eigenvalue weighted by atomic mass is 10.1. The van der Waals surface area contributed by atoms with Crippen LogP contribution < -0.4 is 4.74 Å². The van der Waals surface area contributed by atoms with Crippen LogP contribution >= 0.6 is 0 Å². The number of esters is 1. The number of aromatic nitrogens is 1. The molecule has 1 amide bonds. The van der Waals surface area contributed by atoms with E-state index in [1.807, 2.05) is 42.5 Å². The number of hydrogen-bond donors (Lipinski definition) is 1. The van der Waals surface area contributed by atoms with Crippen LogP contribution in [0.4, 0.5) is 4.79 Å². The lowest BCUT2D eigenvalue weighted by Gasteiger charge is -2.28. The maximum Gasteiger partial charge on any atom is 0.418 e. The first-order valence-corrected chi connectivity index (χ1v) is 11.1. The SMILES string of the molecule is COC(=O)C1=C(c2c[nH]c3ccccc23)OC(c2ccc3c(c2)CCO3)N1C(=O)OC(C)(C)C. The third kappa shape index (κ3) is 3.75. The molecule has 0 bridgehead atoms. The smallest absolute Gasteiger partial charge is 0.418 e. The molecule has 8 nitrogen and oxygen atoms in total. The Balaban J connectivity index is 1.67. The van der Waals surface area contributed by atoms with E-state index in [4.69, 9.17) is 18.9 Å². The van der Waals surface area contributed by atoms with Crippen LogP contribution in [-0.4, -0.2) is 41.3 Å². The number of H-pyrrole nitrogens is 1. The van der Waals surface area contributed by atoms with Gasteiger partial charge in [0.25, 0.3) is 0 Å². The molecule has 0 spiro atoms.